The Morgan fingerprint density at radius 1 is 1.13 bits per heavy atom. The summed E-state index contributed by atoms with van der Waals surface area (Å²) in [5, 5.41) is 11.5. The number of hydrogen-bond acceptors (Lipinski definition) is 7. The number of nitrogens with zero attached hydrogens (tertiary/aromatic N) is 5. The van der Waals surface area contributed by atoms with Crippen molar-refractivity contribution in [3.63, 3.8) is 0 Å². The van der Waals surface area contributed by atoms with Crippen LogP contribution < -0.4 is 5.32 Å². The van der Waals surface area contributed by atoms with Crippen LogP contribution in [0.3, 0.4) is 0 Å². The molecule has 0 aliphatic rings. The lowest BCUT2D eigenvalue weighted by molar-refractivity contribution is 0.886. The molecule has 0 unspecified atom stereocenters. The van der Waals surface area contributed by atoms with Crippen LogP contribution in [0, 0.1) is 0 Å². The molecule has 8 heteroatoms. The summed E-state index contributed by atoms with van der Waals surface area (Å²) in [6.45, 7) is 0.794. The predicted octanol–water partition coefficient (Wildman–Crippen LogP) is 1.93. The minimum absolute atomic E-state index is 0.557. The van der Waals surface area contributed by atoms with Crippen LogP contribution in [0.5, 0.6) is 0 Å². The molecule has 3 aromatic heterocycles. The molecule has 0 atom stereocenters. The first-order chi connectivity index (χ1) is 11.4. The fourth-order valence-electron chi connectivity index (χ4n) is 1.95. The van der Waals surface area contributed by atoms with Crippen LogP contribution in [0.1, 0.15) is 17.0 Å². The second-order valence-corrected chi connectivity index (χ2v) is 5.97. The average molecular weight is 327 g/mol. The van der Waals surface area contributed by atoms with Gasteiger partial charge in [-0.2, -0.15) is 11.8 Å². The van der Waals surface area contributed by atoms with E-state index in [1.54, 1.807) is 18.7 Å². The van der Waals surface area contributed by atoms with Crippen molar-refractivity contribution in [1.29, 1.82) is 0 Å². The summed E-state index contributed by atoms with van der Waals surface area (Å²) in [5.74, 6) is 2.44. The zero-order valence-corrected chi connectivity index (χ0v) is 13.3. The van der Waals surface area contributed by atoms with Crippen LogP contribution in [0.25, 0.3) is 0 Å². The SMILES string of the molecule is c1cncc(Cc2cnc(NCCSCc3cnc[nH]3)nn2)c1. The van der Waals surface area contributed by atoms with Crippen molar-refractivity contribution in [2.75, 3.05) is 17.6 Å². The molecular formula is C15H17N7S. The van der Waals surface area contributed by atoms with Gasteiger partial charge in [-0.3, -0.25) is 4.98 Å². The quantitative estimate of drug-likeness (QED) is 0.611. The summed E-state index contributed by atoms with van der Waals surface area (Å²) in [5.41, 5.74) is 3.06. The summed E-state index contributed by atoms with van der Waals surface area (Å²) in [6.07, 6.45) is 9.55. The fourth-order valence-corrected chi connectivity index (χ4v) is 2.72. The molecular weight excluding hydrogens is 310 g/mol. The van der Waals surface area contributed by atoms with Crippen LogP contribution in [0.2, 0.25) is 0 Å². The van der Waals surface area contributed by atoms with E-state index in [2.05, 4.69) is 35.5 Å². The summed E-state index contributed by atoms with van der Waals surface area (Å²) in [6, 6.07) is 3.92. The zero-order valence-electron chi connectivity index (χ0n) is 12.5. The Bertz CT molecular complexity index is 686. The second kappa shape index (κ2) is 8.23. The van der Waals surface area contributed by atoms with Crippen LogP contribution in [-0.2, 0) is 12.2 Å². The Kier molecular flexibility index (Phi) is 5.52. The van der Waals surface area contributed by atoms with Gasteiger partial charge in [-0.1, -0.05) is 6.07 Å². The van der Waals surface area contributed by atoms with Crippen LogP contribution in [0.15, 0.2) is 43.2 Å². The molecule has 0 aromatic carbocycles. The first-order valence-electron chi connectivity index (χ1n) is 7.26. The van der Waals surface area contributed by atoms with Crippen molar-refractivity contribution in [3.8, 4) is 0 Å². The number of pyridine rings is 1. The molecule has 0 saturated carbocycles. The van der Waals surface area contributed by atoms with E-state index in [0.29, 0.717) is 12.4 Å². The Balaban J connectivity index is 1.39. The van der Waals surface area contributed by atoms with Gasteiger partial charge in [0.1, 0.15) is 0 Å². The molecule has 0 aliphatic heterocycles. The van der Waals surface area contributed by atoms with Crippen molar-refractivity contribution in [2.45, 2.75) is 12.2 Å². The van der Waals surface area contributed by atoms with Crippen molar-refractivity contribution >= 4 is 17.7 Å². The molecule has 3 rings (SSSR count). The highest BCUT2D eigenvalue weighted by Crippen LogP contribution is 2.09. The molecule has 3 heterocycles. The van der Waals surface area contributed by atoms with Gasteiger partial charge in [0.15, 0.2) is 0 Å². The number of hydrogen-bond donors (Lipinski definition) is 2. The number of thioether (sulfide) groups is 1. The molecule has 0 saturated heterocycles. The lowest BCUT2D eigenvalue weighted by Gasteiger charge is -2.04. The molecule has 3 aromatic rings. The largest absolute Gasteiger partial charge is 0.352 e. The fraction of sp³-hybridized carbons (Fsp3) is 0.267. The molecule has 0 radical (unpaired) electrons. The van der Waals surface area contributed by atoms with Gasteiger partial charge in [-0.15, -0.1) is 10.2 Å². The maximum Gasteiger partial charge on any atom is 0.242 e. The first-order valence-corrected chi connectivity index (χ1v) is 8.42. The van der Waals surface area contributed by atoms with Gasteiger partial charge in [0.05, 0.1) is 18.2 Å². The third-order valence-corrected chi connectivity index (χ3v) is 4.07. The molecule has 0 aliphatic carbocycles. The van der Waals surface area contributed by atoms with Gasteiger partial charge in [0, 0.05) is 48.8 Å². The molecule has 118 valence electrons. The average Bonchev–Trinajstić information content (AvgIpc) is 3.10. The minimum Gasteiger partial charge on any atom is -0.352 e. The van der Waals surface area contributed by atoms with Crippen molar-refractivity contribution < 1.29 is 0 Å². The predicted molar refractivity (Wildman–Crippen MR) is 90.1 cm³/mol. The van der Waals surface area contributed by atoms with Crippen molar-refractivity contribution in [1.82, 2.24) is 30.1 Å². The highest BCUT2D eigenvalue weighted by atomic mass is 32.2. The van der Waals surface area contributed by atoms with Crippen LogP contribution in [-0.4, -0.2) is 42.4 Å². The lowest BCUT2D eigenvalue weighted by Crippen LogP contribution is -2.09. The normalized spacial score (nSPS) is 10.6. The van der Waals surface area contributed by atoms with Gasteiger partial charge in [-0.05, 0) is 11.6 Å². The van der Waals surface area contributed by atoms with E-state index in [-0.39, 0.29) is 0 Å². The maximum atomic E-state index is 4.29. The van der Waals surface area contributed by atoms with E-state index in [1.807, 2.05) is 36.3 Å². The number of anilines is 1. The monoisotopic (exact) mass is 327 g/mol. The second-order valence-electron chi connectivity index (χ2n) is 4.87. The third kappa shape index (κ3) is 5.03. The highest BCUT2D eigenvalue weighted by molar-refractivity contribution is 7.98. The maximum absolute atomic E-state index is 4.29. The summed E-state index contributed by atoms with van der Waals surface area (Å²) < 4.78 is 0. The summed E-state index contributed by atoms with van der Waals surface area (Å²) in [4.78, 5) is 15.4. The minimum atomic E-state index is 0.557. The summed E-state index contributed by atoms with van der Waals surface area (Å²) >= 11 is 1.82. The van der Waals surface area contributed by atoms with E-state index < -0.39 is 0 Å². The number of rotatable bonds is 8. The standard InChI is InChI=1S/C15H17N7S/c1-2-12(7-16-3-1)6-13-9-19-15(22-21-13)18-4-5-23-10-14-8-17-11-20-14/h1-3,7-9,11H,4-6,10H2,(H,17,20)(H,18,19,22). The third-order valence-electron chi connectivity index (χ3n) is 3.06. The smallest absolute Gasteiger partial charge is 0.242 e. The molecule has 0 amide bonds. The van der Waals surface area contributed by atoms with E-state index >= 15 is 0 Å². The molecule has 2 N–H and O–H groups in total. The Hall–Kier alpha value is -2.48. The molecule has 0 bridgehead atoms. The number of aromatic nitrogens is 6. The lowest BCUT2D eigenvalue weighted by atomic mass is 10.2. The zero-order chi connectivity index (χ0) is 15.7. The number of imidazole rings is 1. The Morgan fingerprint density at radius 3 is 2.87 bits per heavy atom. The van der Waals surface area contributed by atoms with Gasteiger partial charge in [-0.25, -0.2) is 9.97 Å². The molecule has 23 heavy (non-hydrogen) atoms. The van der Waals surface area contributed by atoms with Gasteiger partial charge in [0.2, 0.25) is 5.95 Å². The van der Waals surface area contributed by atoms with Gasteiger partial charge >= 0.3 is 0 Å². The number of aromatic amines is 1. The number of nitrogens with one attached hydrogen (secondary N) is 2. The van der Waals surface area contributed by atoms with Crippen molar-refractivity contribution in [2.24, 2.45) is 0 Å². The molecule has 7 nitrogen and oxygen atoms in total. The van der Waals surface area contributed by atoms with Gasteiger partial charge in [0.25, 0.3) is 0 Å². The van der Waals surface area contributed by atoms with E-state index in [0.717, 1.165) is 35.0 Å². The molecule has 0 fully saturated rings. The summed E-state index contributed by atoms with van der Waals surface area (Å²) in [7, 11) is 0. The first kappa shape index (κ1) is 15.4. The number of H-pyrrole nitrogens is 1. The van der Waals surface area contributed by atoms with Crippen molar-refractivity contribution in [3.05, 3.63) is 60.2 Å². The van der Waals surface area contributed by atoms with E-state index in [4.69, 9.17) is 0 Å². The van der Waals surface area contributed by atoms with E-state index in [9.17, 15) is 0 Å². The van der Waals surface area contributed by atoms with Crippen LogP contribution >= 0.6 is 11.8 Å². The molecule has 0 spiro atoms. The topological polar surface area (TPSA) is 92.3 Å². The van der Waals surface area contributed by atoms with Gasteiger partial charge < -0.3 is 10.3 Å². The van der Waals surface area contributed by atoms with E-state index in [1.165, 1.54) is 0 Å². The van der Waals surface area contributed by atoms with Crippen LogP contribution in [0.4, 0.5) is 5.95 Å². The highest BCUT2D eigenvalue weighted by Gasteiger charge is 2.01. The Morgan fingerprint density at radius 2 is 2.13 bits per heavy atom. The Labute approximate surface area is 138 Å².